The third kappa shape index (κ3) is 6.43. The van der Waals surface area contributed by atoms with Crippen molar-refractivity contribution in [2.24, 2.45) is 0 Å². The molecule has 0 aliphatic carbocycles. The summed E-state index contributed by atoms with van der Waals surface area (Å²) in [7, 11) is 1.52. The molecule has 0 unspecified atom stereocenters. The van der Waals surface area contributed by atoms with E-state index in [1.54, 1.807) is 36.4 Å². The highest BCUT2D eigenvalue weighted by atomic mass is 16.5. The van der Waals surface area contributed by atoms with Gasteiger partial charge in [0.2, 0.25) is 5.91 Å². The Hall–Kier alpha value is -3.34. The number of carbonyl (C=O) groups excluding carboxylic acids is 2. The third-order valence-electron chi connectivity index (χ3n) is 3.84. The third-order valence-corrected chi connectivity index (χ3v) is 3.84. The van der Waals surface area contributed by atoms with Crippen LogP contribution in [0.15, 0.2) is 60.2 Å². The quantitative estimate of drug-likeness (QED) is 0.403. The van der Waals surface area contributed by atoms with Crippen molar-refractivity contribution in [2.45, 2.75) is 20.8 Å². The largest absolute Gasteiger partial charge is 0.496 e. The molecule has 0 fully saturated rings. The van der Waals surface area contributed by atoms with E-state index in [9.17, 15) is 9.59 Å². The van der Waals surface area contributed by atoms with E-state index in [0.29, 0.717) is 29.4 Å². The Kier molecular flexibility index (Phi) is 7.57. The maximum Gasteiger partial charge on any atom is 0.221 e. The molecule has 0 spiro atoms. The first kappa shape index (κ1) is 21.0. The van der Waals surface area contributed by atoms with Gasteiger partial charge in [0.25, 0.3) is 0 Å². The number of hydrogen-bond acceptors (Lipinski definition) is 4. The van der Waals surface area contributed by atoms with Crippen molar-refractivity contribution < 1.29 is 19.1 Å². The van der Waals surface area contributed by atoms with Gasteiger partial charge in [0.15, 0.2) is 5.78 Å². The summed E-state index contributed by atoms with van der Waals surface area (Å²) >= 11 is 0. The van der Waals surface area contributed by atoms with Crippen molar-refractivity contribution in [2.75, 3.05) is 19.0 Å². The second-order valence-corrected chi connectivity index (χ2v) is 6.46. The van der Waals surface area contributed by atoms with Gasteiger partial charge in [-0.1, -0.05) is 23.8 Å². The van der Waals surface area contributed by atoms with Gasteiger partial charge in [-0.3, -0.25) is 9.59 Å². The van der Waals surface area contributed by atoms with Crippen LogP contribution >= 0.6 is 0 Å². The summed E-state index contributed by atoms with van der Waals surface area (Å²) < 4.78 is 11.0. The fraction of sp³-hybridized carbons (Fsp3) is 0.217. The molecule has 2 aromatic rings. The van der Waals surface area contributed by atoms with Gasteiger partial charge in [-0.15, -0.1) is 0 Å². The van der Waals surface area contributed by atoms with Crippen molar-refractivity contribution in [3.63, 3.8) is 0 Å². The molecule has 0 bridgehead atoms. The van der Waals surface area contributed by atoms with Crippen molar-refractivity contribution in [1.82, 2.24) is 0 Å². The molecular formula is C23H25NO4. The molecule has 0 saturated heterocycles. The summed E-state index contributed by atoms with van der Waals surface area (Å²) in [4.78, 5) is 23.6. The van der Waals surface area contributed by atoms with Crippen LogP contribution in [0.5, 0.6) is 11.5 Å². The molecule has 2 rings (SSSR count). The number of ether oxygens (including phenoxy) is 2. The molecule has 0 saturated carbocycles. The summed E-state index contributed by atoms with van der Waals surface area (Å²) in [6.45, 7) is 5.93. The van der Waals surface area contributed by atoms with Gasteiger partial charge in [0, 0.05) is 18.7 Å². The molecule has 28 heavy (non-hydrogen) atoms. The Bertz CT molecular complexity index is 891. The van der Waals surface area contributed by atoms with Crippen molar-refractivity contribution in [3.8, 4) is 11.5 Å². The lowest BCUT2D eigenvalue weighted by Gasteiger charge is -2.09. The standard InChI is InChI=1S/C23H25NO4/c1-16(2)13-14-28-20-10-11-21(23(15-20)27-4)22(26)12-7-18-5-8-19(9-6-18)24-17(3)25/h5-13,15H,14H2,1-4H3,(H,24,25)/b12-7+. The molecule has 1 amide bonds. The van der Waals surface area contributed by atoms with E-state index < -0.39 is 0 Å². The van der Waals surface area contributed by atoms with E-state index in [-0.39, 0.29) is 11.7 Å². The monoisotopic (exact) mass is 379 g/mol. The lowest BCUT2D eigenvalue weighted by molar-refractivity contribution is -0.114. The molecule has 0 aliphatic rings. The fourth-order valence-electron chi connectivity index (χ4n) is 2.41. The molecule has 5 nitrogen and oxygen atoms in total. The van der Waals surface area contributed by atoms with Crippen LogP contribution in [-0.2, 0) is 4.79 Å². The SMILES string of the molecule is COc1cc(OCC=C(C)C)ccc1C(=O)/C=C/c1ccc(NC(C)=O)cc1. The van der Waals surface area contributed by atoms with Crippen LogP contribution in [0.3, 0.4) is 0 Å². The zero-order valence-corrected chi connectivity index (χ0v) is 16.6. The second-order valence-electron chi connectivity index (χ2n) is 6.46. The van der Waals surface area contributed by atoms with Crippen LogP contribution in [0.25, 0.3) is 6.08 Å². The van der Waals surface area contributed by atoms with E-state index in [1.807, 2.05) is 32.1 Å². The first-order valence-corrected chi connectivity index (χ1v) is 8.93. The summed E-state index contributed by atoms with van der Waals surface area (Å²) in [6.07, 6.45) is 5.19. The number of hydrogen-bond donors (Lipinski definition) is 1. The number of methoxy groups -OCH3 is 1. The minimum absolute atomic E-state index is 0.126. The normalized spacial score (nSPS) is 10.4. The van der Waals surface area contributed by atoms with Gasteiger partial charge < -0.3 is 14.8 Å². The van der Waals surface area contributed by atoms with Gasteiger partial charge in [-0.2, -0.15) is 0 Å². The van der Waals surface area contributed by atoms with E-state index >= 15 is 0 Å². The molecule has 0 atom stereocenters. The number of benzene rings is 2. The molecular weight excluding hydrogens is 354 g/mol. The topological polar surface area (TPSA) is 64.6 Å². The summed E-state index contributed by atoms with van der Waals surface area (Å²) in [5.41, 5.74) is 3.20. The molecule has 2 aromatic carbocycles. The molecule has 0 radical (unpaired) electrons. The highest BCUT2D eigenvalue weighted by Crippen LogP contribution is 2.26. The van der Waals surface area contributed by atoms with Gasteiger partial charge >= 0.3 is 0 Å². The molecule has 1 N–H and O–H groups in total. The van der Waals surface area contributed by atoms with Crippen LogP contribution in [0.2, 0.25) is 0 Å². The van der Waals surface area contributed by atoms with Crippen molar-refractivity contribution >= 4 is 23.5 Å². The number of ketones is 1. The minimum Gasteiger partial charge on any atom is -0.496 e. The van der Waals surface area contributed by atoms with Crippen LogP contribution < -0.4 is 14.8 Å². The molecule has 0 heterocycles. The van der Waals surface area contributed by atoms with E-state index in [0.717, 1.165) is 5.56 Å². The first-order valence-electron chi connectivity index (χ1n) is 8.93. The van der Waals surface area contributed by atoms with Gasteiger partial charge in [-0.05, 0) is 55.8 Å². The molecule has 0 aromatic heterocycles. The highest BCUT2D eigenvalue weighted by molar-refractivity contribution is 6.08. The number of allylic oxidation sites excluding steroid dienone is 2. The van der Waals surface area contributed by atoms with Crippen LogP contribution in [-0.4, -0.2) is 25.4 Å². The lowest BCUT2D eigenvalue weighted by atomic mass is 10.1. The Morgan fingerprint density at radius 3 is 2.36 bits per heavy atom. The predicted molar refractivity (Wildman–Crippen MR) is 112 cm³/mol. The van der Waals surface area contributed by atoms with Gasteiger partial charge in [0.05, 0.1) is 12.7 Å². The molecule has 0 aliphatic heterocycles. The maximum absolute atomic E-state index is 12.6. The summed E-state index contributed by atoms with van der Waals surface area (Å²) in [5.74, 6) is 0.811. The maximum atomic E-state index is 12.6. The number of nitrogens with one attached hydrogen (secondary N) is 1. The van der Waals surface area contributed by atoms with Crippen LogP contribution in [0.4, 0.5) is 5.69 Å². The van der Waals surface area contributed by atoms with Crippen molar-refractivity contribution in [3.05, 3.63) is 71.3 Å². The zero-order chi connectivity index (χ0) is 20.5. The Labute approximate surface area is 165 Å². The van der Waals surface area contributed by atoms with Gasteiger partial charge in [0.1, 0.15) is 18.1 Å². The van der Waals surface area contributed by atoms with Gasteiger partial charge in [-0.25, -0.2) is 0 Å². The second kappa shape index (κ2) is 10.1. The minimum atomic E-state index is -0.168. The number of amides is 1. The zero-order valence-electron chi connectivity index (χ0n) is 16.6. The Morgan fingerprint density at radius 1 is 1.04 bits per heavy atom. The average molecular weight is 379 g/mol. The van der Waals surface area contributed by atoms with E-state index in [4.69, 9.17) is 9.47 Å². The highest BCUT2D eigenvalue weighted by Gasteiger charge is 2.11. The number of carbonyl (C=O) groups is 2. The van der Waals surface area contributed by atoms with Crippen LogP contribution in [0, 0.1) is 0 Å². The molecule has 146 valence electrons. The van der Waals surface area contributed by atoms with Crippen LogP contribution in [0.1, 0.15) is 36.7 Å². The average Bonchev–Trinajstić information content (AvgIpc) is 2.66. The number of anilines is 1. The predicted octanol–water partition coefficient (Wildman–Crippen LogP) is 4.89. The Morgan fingerprint density at radius 2 is 1.75 bits per heavy atom. The van der Waals surface area contributed by atoms with E-state index in [1.165, 1.54) is 25.7 Å². The summed E-state index contributed by atoms with van der Waals surface area (Å²) in [6, 6.07) is 12.4. The first-order chi connectivity index (χ1) is 13.4. The Balaban J connectivity index is 2.09. The summed E-state index contributed by atoms with van der Waals surface area (Å²) in [5, 5.41) is 2.70. The number of rotatable bonds is 8. The van der Waals surface area contributed by atoms with Crippen molar-refractivity contribution in [1.29, 1.82) is 0 Å². The lowest BCUT2D eigenvalue weighted by Crippen LogP contribution is -2.05. The molecule has 5 heteroatoms. The van der Waals surface area contributed by atoms with E-state index in [2.05, 4.69) is 5.32 Å². The smallest absolute Gasteiger partial charge is 0.221 e. The fourth-order valence-corrected chi connectivity index (χ4v) is 2.41.